The molecule has 0 aliphatic heterocycles. The van der Waals surface area contributed by atoms with E-state index in [-0.39, 0.29) is 0 Å². The van der Waals surface area contributed by atoms with Crippen LogP contribution in [-0.2, 0) is 11.2 Å². The van der Waals surface area contributed by atoms with Gasteiger partial charge in [0.05, 0.1) is 12.2 Å². The van der Waals surface area contributed by atoms with Gasteiger partial charge < -0.3 is 4.74 Å². The van der Waals surface area contributed by atoms with Crippen molar-refractivity contribution in [3.05, 3.63) is 35.4 Å². The Labute approximate surface area is 123 Å². The van der Waals surface area contributed by atoms with Crippen molar-refractivity contribution >= 4 is 0 Å². The van der Waals surface area contributed by atoms with Crippen LogP contribution in [0.5, 0.6) is 0 Å². The second kappa shape index (κ2) is 6.76. The SMILES string of the molecule is CCC(CC1CCCC1)OC1CCCc2ccccc21. The molecule has 1 saturated carbocycles. The lowest BCUT2D eigenvalue weighted by Gasteiger charge is -2.30. The molecule has 110 valence electrons. The van der Waals surface area contributed by atoms with Crippen molar-refractivity contribution in [1.82, 2.24) is 0 Å². The van der Waals surface area contributed by atoms with Crippen LogP contribution in [-0.4, -0.2) is 6.10 Å². The van der Waals surface area contributed by atoms with Gasteiger partial charge in [-0.15, -0.1) is 0 Å². The Morgan fingerprint density at radius 2 is 1.90 bits per heavy atom. The lowest BCUT2D eigenvalue weighted by Crippen LogP contribution is -2.22. The Balaban J connectivity index is 1.64. The Morgan fingerprint density at radius 1 is 1.10 bits per heavy atom. The van der Waals surface area contributed by atoms with Crippen LogP contribution in [0.3, 0.4) is 0 Å². The van der Waals surface area contributed by atoms with Gasteiger partial charge in [-0.2, -0.15) is 0 Å². The summed E-state index contributed by atoms with van der Waals surface area (Å²) in [5, 5.41) is 0. The highest BCUT2D eigenvalue weighted by Gasteiger charge is 2.25. The van der Waals surface area contributed by atoms with Gasteiger partial charge >= 0.3 is 0 Å². The van der Waals surface area contributed by atoms with Crippen LogP contribution in [0.2, 0.25) is 0 Å². The first-order valence-electron chi connectivity index (χ1n) is 8.60. The van der Waals surface area contributed by atoms with Crippen molar-refractivity contribution in [2.24, 2.45) is 5.92 Å². The monoisotopic (exact) mass is 272 g/mol. The van der Waals surface area contributed by atoms with Gasteiger partial charge in [0, 0.05) is 0 Å². The zero-order chi connectivity index (χ0) is 13.8. The molecule has 0 saturated heterocycles. The Morgan fingerprint density at radius 3 is 2.70 bits per heavy atom. The Kier molecular flexibility index (Phi) is 4.77. The van der Waals surface area contributed by atoms with Crippen LogP contribution in [0.1, 0.15) is 75.5 Å². The Bertz CT molecular complexity index is 420. The molecule has 3 rings (SSSR count). The van der Waals surface area contributed by atoms with Crippen LogP contribution in [0.15, 0.2) is 24.3 Å². The summed E-state index contributed by atoms with van der Waals surface area (Å²) in [6.45, 7) is 2.29. The zero-order valence-corrected chi connectivity index (χ0v) is 12.8. The molecule has 2 aliphatic carbocycles. The minimum Gasteiger partial charge on any atom is -0.370 e. The average Bonchev–Trinajstić information content (AvgIpc) is 3.00. The van der Waals surface area contributed by atoms with Crippen LogP contribution in [0.4, 0.5) is 0 Å². The molecule has 1 nitrogen and oxygen atoms in total. The normalized spacial score (nSPS) is 24.6. The minimum atomic E-state index is 0.353. The second-order valence-corrected chi connectivity index (χ2v) is 6.63. The van der Waals surface area contributed by atoms with E-state index in [1.54, 1.807) is 0 Å². The summed E-state index contributed by atoms with van der Waals surface area (Å²) in [6.07, 6.45) is 12.7. The summed E-state index contributed by atoms with van der Waals surface area (Å²) in [6, 6.07) is 8.89. The van der Waals surface area contributed by atoms with Crippen LogP contribution < -0.4 is 0 Å². The molecule has 2 aliphatic rings. The molecule has 2 atom stereocenters. The third-order valence-electron chi connectivity index (χ3n) is 5.20. The fourth-order valence-corrected chi connectivity index (χ4v) is 4.02. The van der Waals surface area contributed by atoms with Crippen molar-refractivity contribution in [1.29, 1.82) is 0 Å². The quantitative estimate of drug-likeness (QED) is 0.693. The molecule has 0 heterocycles. The molecule has 2 unspecified atom stereocenters. The van der Waals surface area contributed by atoms with E-state index in [0.717, 1.165) is 12.3 Å². The van der Waals surface area contributed by atoms with Crippen molar-refractivity contribution in [3.8, 4) is 0 Å². The summed E-state index contributed by atoms with van der Waals surface area (Å²) in [5.41, 5.74) is 2.98. The van der Waals surface area contributed by atoms with Crippen LogP contribution in [0.25, 0.3) is 0 Å². The second-order valence-electron chi connectivity index (χ2n) is 6.63. The van der Waals surface area contributed by atoms with E-state index in [1.807, 2.05) is 0 Å². The van der Waals surface area contributed by atoms with Gasteiger partial charge in [0.15, 0.2) is 0 Å². The lowest BCUT2D eigenvalue weighted by molar-refractivity contribution is -0.0347. The largest absolute Gasteiger partial charge is 0.370 e. The smallest absolute Gasteiger partial charge is 0.0831 e. The summed E-state index contributed by atoms with van der Waals surface area (Å²) in [5.74, 6) is 0.929. The third-order valence-corrected chi connectivity index (χ3v) is 5.20. The highest BCUT2D eigenvalue weighted by atomic mass is 16.5. The van der Waals surface area contributed by atoms with Crippen LogP contribution >= 0.6 is 0 Å². The van der Waals surface area contributed by atoms with E-state index in [1.165, 1.54) is 62.5 Å². The van der Waals surface area contributed by atoms with Gasteiger partial charge in [-0.05, 0) is 49.1 Å². The number of fused-ring (bicyclic) bond motifs is 1. The summed E-state index contributed by atoms with van der Waals surface area (Å²) in [4.78, 5) is 0. The fourth-order valence-electron chi connectivity index (χ4n) is 4.02. The number of hydrogen-bond donors (Lipinski definition) is 0. The van der Waals surface area contributed by atoms with Gasteiger partial charge in [-0.25, -0.2) is 0 Å². The lowest BCUT2D eigenvalue weighted by atomic mass is 9.89. The van der Waals surface area contributed by atoms with Crippen molar-refractivity contribution in [2.75, 3.05) is 0 Å². The molecule has 1 fully saturated rings. The number of benzene rings is 1. The van der Waals surface area contributed by atoms with Gasteiger partial charge in [0.1, 0.15) is 0 Å². The minimum absolute atomic E-state index is 0.353. The number of ether oxygens (including phenoxy) is 1. The number of hydrogen-bond acceptors (Lipinski definition) is 1. The van der Waals surface area contributed by atoms with Gasteiger partial charge in [-0.3, -0.25) is 0 Å². The molecule has 0 aromatic heterocycles. The van der Waals surface area contributed by atoms with Gasteiger partial charge in [0.25, 0.3) is 0 Å². The fraction of sp³-hybridized carbons (Fsp3) is 0.684. The summed E-state index contributed by atoms with van der Waals surface area (Å²) in [7, 11) is 0. The molecule has 1 aromatic rings. The predicted octanol–water partition coefficient (Wildman–Crippen LogP) is 5.44. The maximum absolute atomic E-state index is 6.53. The maximum Gasteiger partial charge on any atom is 0.0831 e. The molecule has 1 heteroatoms. The first kappa shape index (κ1) is 14.1. The van der Waals surface area contributed by atoms with Gasteiger partial charge in [0.2, 0.25) is 0 Å². The highest BCUT2D eigenvalue weighted by molar-refractivity contribution is 5.31. The van der Waals surface area contributed by atoms with E-state index in [2.05, 4.69) is 31.2 Å². The standard InChI is InChI=1S/C19H28O/c1-2-17(14-15-8-3-4-9-15)20-19-13-7-11-16-10-5-6-12-18(16)19/h5-6,10,12,15,17,19H,2-4,7-9,11,13-14H2,1H3. The molecule has 20 heavy (non-hydrogen) atoms. The van der Waals surface area contributed by atoms with E-state index in [0.29, 0.717) is 12.2 Å². The van der Waals surface area contributed by atoms with Gasteiger partial charge in [-0.1, -0.05) is 56.9 Å². The Hall–Kier alpha value is -0.820. The van der Waals surface area contributed by atoms with Crippen molar-refractivity contribution in [3.63, 3.8) is 0 Å². The molecular formula is C19H28O. The van der Waals surface area contributed by atoms with E-state index in [9.17, 15) is 0 Å². The molecule has 0 bridgehead atoms. The van der Waals surface area contributed by atoms with E-state index >= 15 is 0 Å². The number of aryl methyl sites for hydroxylation is 1. The molecule has 1 aromatic carbocycles. The molecule has 0 amide bonds. The first-order valence-corrected chi connectivity index (χ1v) is 8.60. The summed E-state index contributed by atoms with van der Waals surface area (Å²) < 4.78 is 6.53. The topological polar surface area (TPSA) is 9.23 Å². The van der Waals surface area contributed by atoms with E-state index < -0.39 is 0 Å². The predicted molar refractivity (Wildman–Crippen MR) is 83.9 cm³/mol. The van der Waals surface area contributed by atoms with Crippen molar-refractivity contribution in [2.45, 2.75) is 76.9 Å². The molecule has 0 N–H and O–H groups in total. The highest BCUT2D eigenvalue weighted by Crippen LogP contribution is 2.36. The molecular weight excluding hydrogens is 244 g/mol. The average molecular weight is 272 g/mol. The van der Waals surface area contributed by atoms with E-state index in [4.69, 9.17) is 4.74 Å². The maximum atomic E-state index is 6.53. The molecule has 0 radical (unpaired) electrons. The van der Waals surface area contributed by atoms with Crippen LogP contribution in [0, 0.1) is 5.92 Å². The summed E-state index contributed by atoms with van der Waals surface area (Å²) >= 11 is 0. The first-order chi connectivity index (χ1) is 9.86. The third kappa shape index (κ3) is 3.25. The number of rotatable bonds is 5. The molecule has 0 spiro atoms. The zero-order valence-electron chi connectivity index (χ0n) is 12.8. The van der Waals surface area contributed by atoms with Crippen molar-refractivity contribution < 1.29 is 4.74 Å².